The molecule has 1 aliphatic rings. The lowest BCUT2D eigenvalue weighted by Gasteiger charge is -2.28. The van der Waals surface area contributed by atoms with Crippen molar-refractivity contribution < 1.29 is 14.3 Å². The van der Waals surface area contributed by atoms with Gasteiger partial charge in [-0.05, 0) is 68.5 Å². The summed E-state index contributed by atoms with van der Waals surface area (Å²) in [4.78, 5) is 31.0. The number of ether oxygens (including phenoxy) is 1. The van der Waals surface area contributed by atoms with Crippen molar-refractivity contribution >= 4 is 44.8 Å². The highest BCUT2D eigenvalue weighted by atomic mass is 32.1. The van der Waals surface area contributed by atoms with Crippen LogP contribution >= 0.6 is 11.3 Å². The van der Waals surface area contributed by atoms with Gasteiger partial charge in [-0.15, -0.1) is 11.3 Å². The Morgan fingerprint density at radius 2 is 1.81 bits per heavy atom. The molecule has 31 heavy (non-hydrogen) atoms. The third-order valence-corrected chi connectivity index (χ3v) is 6.44. The Labute approximate surface area is 186 Å². The largest absolute Gasteiger partial charge is 0.456 e. The highest BCUT2D eigenvalue weighted by Crippen LogP contribution is 2.23. The smallest absolute Gasteiger partial charge is 0.306 e. The number of hydrogen-bond acceptors (Lipinski definition) is 6. The van der Waals surface area contributed by atoms with E-state index in [9.17, 15) is 9.59 Å². The zero-order chi connectivity index (χ0) is 21.5. The van der Waals surface area contributed by atoms with E-state index in [4.69, 9.17) is 4.74 Å². The summed E-state index contributed by atoms with van der Waals surface area (Å²) in [7, 11) is 0. The number of benzene rings is 2. The van der Waals surface area contributed by atoms with Crippen LogP contribution in [0.2, 0.25) is 0 Å². The Morgan fingerprint density at radius 3 is 2.58 bits per heavy atom. The van der Waals surface area contributed by atoms with Crippen molar-refractivity contribution in [2.45, 2.75) is 38.5 Å². The van der Waals surface area contributed by atoms with Crippen molar-refractivity contribution in [3.05, 3.63) is 53.5 Å². The number of aromatic nitrogens is 1. The van der Waals surface area contributed by atoms with Crippen LogP contribution < -0.4 is 10.2 Å². The number of aryl methyl sites for hydroxylation is 1. The molecule has 1 fully saturated rings. The summed E-state index contributed by atoms with van der Waals surface area (Å²) >= 11 is 1.65. The lowest BCUT2D eigenvalue weighted by molar-refractivity contribution is -0.147. The number of piperidine rings is 1. The first-order valence-corrected chi connectivity index (χ1v) is 11.6. The number of fused-ring (bicyclic) bond motifs is 1. The molecule has 7 heteroatoms. The van der Waals surface area contributed by atoms with Crippen molar-refractivity contribution in [3.63, 3.8) is 0 Å². The van der Waals surface area contributed by atoms with Gasteiger partial charge in [-0.1, -0.05) is 12.1 Å². The van der Waals surface area contributed by atoms with E-state index < -0.39 is 0 Å². The van der Waals surface area contributed by atoms with Gasteiger partial charge in [0.2, 0.25) is 0 Å². The minimum absolute atomic E-state index is 0.270. The van der Waals surface area contributed by atoms with E-state index in [1.165, 1.54) is 24.9 Å². The minimum atomic E-state index is -0.364. The summed E-state index contributed by atoms with van der Waals surface area (Å²) in [6, 6.07) is 15.8. The average Bonchev–Trinajstić information content (AvgIpc) is 3.22. The Balaban J connectivity index is 1.15. The van der Waals surface area contributed by atoms with Crippen molar-refractivity contribution in [2.75, 3.05) is 29.9 Å². The zero-order valence-electron chi connectivity index (χ0n) is 17.5. The second-order valence-corrected chi connectivity index (χ2v) is 8.85. The summed E-state index contributed by atoms with van der Waals surface area (Å²) < 4.78 is 6.27. The first-order valence-electron chi connectivity index (χ1n) is 10.8. The molecule has 4 rings (SSSR count). The van der Waals surface area contributed by atoms with Gasteiger partial charge in [-0.2, -0.15) is 0 Å². The first kappa shape index (κ1) is 21.3. The quantitative estimate of drug-likeness (QED) is 0.513. The van der Waals surface area contributed by atoms with Gasteiger partial charge in [0.05, 0.1) is 15.2 Å². The van der Waals surface area contributed by atoms with Crippen LogP contribution in [-0.2, 0) is 20.7 Å². The maximum Gasteiger partial charge on any atom is 0.306 e. The number of carbonyl (C=O) groups is 2. The van der Waals surface area contributed by atoms with Gasteiger partial charge in [-0.25, -0.2) is 4.98 Å². The molecule has 1 amide bonds. The molecule has 1 saturated heterocycles. The summed E-state index contributed by atoms with van der Waals surface area (Å²) in [5, 5.41) is 3.79. The molecule has 1 aliphatic heterocycles. The van der Waals surface area contributed by atoms with E-state index in [0.717, 1.165) is 34.7 Å². The molecule has 1 aromatic heterocycles. The third kappa shape index (κ3) is 6.04. The topological polar surface area (TPSA) is 71.5 Å². The summed E-state index contributed by atoms with van der Waals surface area (Å²) in [5.74, 6) is -0.693. The van der Waals surface area contributed by atoms with Gasteiger partial charge >= 0.3 is 5.97 Å². The van der Waals surface area contributed by atoms with Crippen LogP contribution in [0.3, 0.4) is 0 Å². The van der Waals surface area contributed by atoms with Crippen LogP contribution in [0.5, 0.6) is 0 Å². The second kappa shape index (κ2) is 10.4. The van der Waals surface area contributed by atoms with E-state index in [1.807, 2.05) is 48.5 Å². The Bertz CT molecular complexity index is 993. The van der Waals surface area contributed by atoms with E-state index in [1.54, 1.807) is 11.3 Å². The number of rotatable bonds is 8. The normalized spacial score (nSPS) is 13.9. The third-order valence-electron chi connectivity index (χ3n) is 5.35. The van der Waals surface area contributed by atoms with Crippen LogP contribution in [-0.4, -0.2) is 36.6 Å². The molecular formula is C24H27N3O3S. The molecule has 0 saturated carbocycles. The molecule has 0 spiro atoms. The summed E-state index contributed by atoms with van der Waals surface area (Å²) in [6.45, 7) is 1.90. The van der Waals surface area contributed by atoms with Gasteiger partial charge < -0.3 is 15.0 Å². The molecule has 0 atom stereocenters. The molecular weight excluding hydrogens is 410 g/mol. The van der Waals surface area contributed by atoms with Gasteiger partial charge in [0, 0.05) is 30.9 Å². The number of anilines is 2. The van der Waals surface area contributed by atoms with Crippen LogP contribution in [0.15, 0.2) is 48.5 Å². The number of esters is 1. The monoisotopic (exact) mass is 437 g/mol. The van der Waals surface area contributed by atoms with Crippen LogP contribution in [0.25, 0.3) is 10.2 Å². The van der Waals surface area contributed by atoms with Gasteiger partial charge in [0.1, 0.15) is 0 Å². The van der Waals surface area contributed by atoms with Crippen molar-refractivity contribution in [2.24, 2.45) is 0 Å². The van der Waals surface area contributed by atoms with Crippen molar-refractivity contribution in [1.82, 2.24) is 4.98 Å². The number of amides is 1. The van der Waals surface area contributed by atoms with Crippen molar-refractivity contribution in [3.8, 4) is 0 Å². The molecule has 0 radical (unpaired) electrons. The van der Waals surface area contributed by atoms with E-state index in [0.29, 0.717) is 12.1 Å². The zero-order valence-corrected chi connectivity index (χ0v) is 18.3. The number of carbonyl (C=O) groups excluding carboxylic acids is 2. The standard InChI is InChI=1S/C24H27N3O3S/c28-22(25-18-11-13-19(14-12-18)27-15-4-1-5-16-27)17-30-24(29)10-6-9-23-26-20-7-2-3-8-21(20)31-23/h2-3,7-8,11-14H,1,4-6,9-10,15-17H2,(H,25,28). The minimum Gasteiger partial charge on any atom is -0.456 e. The lowest BCUT2D eigenvalue weighted by atomic mass is 10.1. The SMILES string of the molecule is O=C(COC(=O)CCCc1nc2ccccc2s1)Nc1ccc(N2CCCCC2)cc1. The van der Waals surface area contributed by atoms with Crippen LogP contribution in [0.1, 0.15) is 37.1 Å². The fraction of sp³-hybridized carbons (Fsp3) is 0.375. The molecule has 3 aromatic rings. The van der Waals surface area contributed by atoms with E-state index >= 15 is 0 Å². The van der Waals surface area contributed by atoms with Crippen LogP contribution in [0, 0.1) is 0 Å². The summed E-state index contributed by atoms with van der Waals surface area (Å²) in [5.41, 5.74) is 2.88. The van der Waals surface area contributed by atoms with Gasteiger partial charge in [-0.3, -0.25) is 9.59 Å². The molecule has 0 aliphatic carbocycles. The number of hydrogen-bond donors (Lipinski definition) is 1. The molecule has 162 valence electrons. The lowest BCUT2D eigenvalue weighted by Crippen LogP contribution is -2.29. The maximum atomic E-state index is 12.1. The molecule has 2 heterocycles. The van der Waals surface area contributed by atoms with Crippen LogP contribution in [0.4, 0.5) is 11.4 Å². The highest BCUT2D eigenvalue weighted by molar-refractivity contribution is 7.18. The Hall–Kier alpha value is -2.93. The number of thiazole rings is 1. The molecule has 0 unspecified atom stereocenters. The number of nitrogens with zero attached hydrogens (tertiary/aromatic N) is 2. The number of nitrogens with one attached hydrogen (secondary N) is 1. The predicted octanol–water partition coefficient (Wildman–Crippen LogP) is 4.79. The van der Waals surface area contributed by atoms with E-state index in [2.05, 4.69) is 15.2 Å². The molecule has 0 bridgehead atoms. The fourth-order valence-electron chi connectivity index (χ4n) is 3.73. The molecule has 2 aromatic carbocycles. The average molecular weight is 438 g/mol. The predicted molar refractivity (Wildman–Crippen MR) is 125 cm³/mol. The molecule has 1 N–H and O–H groups in total. The van der Waals surface area contributed by atoms with E-state index in [-0.39, 0.29) is 24.9 Å². The maximum absolute atomic E-state index is 12.1. The first-order chi connectivity index (χ1) is 15.2. The highest BCUT2D eigenvalue weighted by Gasteiger charge is 2.12. The second-order valence-electron chi connectivity index (χ2n) is 7.73. The molecule has 6 nitrogen and oxygen atoms in total. The van der Waals surface area contributed by atoms with Gasteiger partial charge in [0.15, 0.2) is 6.61 Å². The van der Waals surface area contributed by atoms with Gasteiger partial charge in [0.25, 0.3) is 5.91 Å². The Morgan fingerprint density at radius 1 is 1.03 bits per heavy atom. The Kier molecular flexibility index (Phi) is 7.14. The number of para-hydroxylation sites is 1. The summed E-state index contributed by atoms with van der Waals surface area (Å²) in [6.07, 6.45) is 5.40. The van der Waals surface area contributed by atoms with Crippen molar-refractivity contribution in [1.29, 1.82) is 0 Å². The fourth-order valence-corrected chi connectivity index (χ4v) is 4.74.